The molecule has 1 N–H and O–H groups in total. The highest BCUT2D eigenvalue weighted by Crippen LogP contribution is 2.29. The second-order valence-corrected chi connectivity index (χ2v) is 8.33. The van der Waals surface area contributed by atoms with Crippen LogP contribution in [0.15, 0.2) is 34.7 Å². The molecule has 0 aliphatic heterocycles. The number of hydrogen-bond donors (Lipinski definition) is 1. The maximum absolute atomic E-state index is 13.7. The van der Waals surface area contributed by atoms with Crippen LogP contribution in [-0.4, -0.2) is 26.3 Å². The number of nitrogens with zero attached hydrogens (tertiary/aromatic N) is 3. The molecule has 2 heterocycles. The maximum atomic E-state index is 13.7. The van der Waals surface area contributed by atoms with Gasteiger partial charge in [-0.1, -0.05) is 42.2 Å². The van der Waals surface area contributed by atoms with Crippen LogP contribution in [0.2, 0.25) is 0 Å². The average Bonchev–Trinajstić information content (AvgIpc) is 3.21. The molecule has 3 aromatic rings. The summed E-state index contributed by atoms with van der Waals surface area (Å²) >= 11 is 2.65. The van der Waals surface area contributed by atoms with Gasteiger partial charge in [-0.25, -0.2) is 4.39 Å². The van der Waals surface area contributed by atoms with Gasteiger partial charge in [-0.05, 0) is 38.5 Å². The summed E-state index contributed by atoms with van der Waals surface area (Å²) in [6.07, 6.45) is 1.03. The first-order valence-electron chi connectivity index (χ1n) is 8.67. The number of hydrogen-bond acceptors (Lipinski definition) is 6. The Hall–Kier alpha value is -2.19. The van der Waals surface area contributed by atoms with E-state index in [2.05, 4.69) is 27.0 Å². The summed E-state index contributed by atoms with van der Waals surface area (Å²) in [6, 6.07) is 8.35. The number of nitrogens with one attached hydrogen (secondary N) is 1. The van der Waals surface area contributed by atoms with Crippen LogP contribution in [0.1, 0.15) is 35.1 Å². The van der Waals surface area contributed by atoms with E-state index in [0.717, 1.165) is 29.9 Å². The molecule has 0 unspecified atom stereocenters. The van der Waals surface area contributed by atoms with E-state index in [-0.39, 0.29) is 11.6 Å². The summed E-state index contributed by atoms with van der Waals surface area (Å²) in [7, 11) is 0. The van der Waals surface area contributed by atoms with Gasteiger partial charge in [-0.3, -0.25) is 4.79 Å². The normalized spacial score (nSPS) is 11.0. The number of carbonyl (C=O) groups excluding carboxylic acids is 1. The number of Topliss-reactive ketones (excluding diaryl/α,β-unsaturated/α-hetero) is 1. The first-order chi connectivity index (χ1) is 13.0. The molecular weight excluding hydrogens is 383 g/mol. The molecule has 0 saturated carbocycles. The van der Waals surface area contributed by atoms with Crippen molar-refractivity contribution in [3.05, 3.63) is 53.1 Å². The van der Waals surface area contributed by atoms with Crippen molar-refractivity contribution in [2.24, 2.45) is 0 Å². The van der Waals surface area contributed by atoms with Gasteiger partial charge in [0.1, 0.15) is 5.82 Å². The SMILES string of the molecule is CCCn1c(C)cc(C(=O)CSc2nnc(Nc3ccccc3F)s2)c1C. The zero-order chi connectivity index (χ0) is 19.4. The van der Waals surface area contributed by atoms with Crippen LogP contribution in [-0.2, 0) is 6.54 Å². The van der Waals surface area contributed by atoms with E-state index < -0.39 is 0 Å². The topological polar surface area (TPSA) is 59.8 Å². The second-order valence-electron chi connectivity index (χ2n) is 6.13. The standard InChI is InChI=1S/C19H21FN4OS2/c1-4-9-24-12(2)10-14(13(24)3)17(25)11-26-19-23-22-18(27-19)21-16-8-6-5-7-15(16)20/h5-8,10H,4,9,11H2,1-3H3,(H,21,22). The monoisotopic (exact) mass is 404 g/mol. The van der Waals surface area contributed by atoms with Crippen LogP contribution < -0.4 is 5.32 Å². The third-order valence-electron chi connectivity index (χ3n) is 4.17. The number of anilines is 2. The summed E-state index contributed by atoms with van der Waals surface area (Å²) in [5.74, 6) is 0.0267. The fraction of sp³-hybridized carbons (Fsp3) is 0.316. The van der Waals surface area contributed by atoms with Gasteiger partial charge in [0.05, 0.1) is 11.4 Å². The Morgan fingerprint density at radius 1 is 1.30 bits per heavy atom. The van der Waals surface area contributed by atoms with Crippen molar-refractivity contribution < 1.29 is 9.18 Å². The first kappa shape index (κ1) is 19.6. The summed E-state index contributed by atoms with van der Waals surface area (Å²) in [5, 5.41) is 11.5. The summed E-state index contributed by atoms with van der Waals surface area (Å²) < 4.78 is 16.5. The van der Waals surface area contributed by atoms with Crippen LogP contribution in [0, 0.1) is 19.7 Å². The minimum atomic E-state index is -0.348. The highest BCUT2D eigenvalue weighted by atomic mass is 32.2. The number of aryl methyl sites for hydroxylation is 1. The minimum Gasteiger partial charge on any atom is -0.348 e. The van der Waals surface area contributed by atoms with Crippen molar-refractivity contribution in [1.29, 1.82) is 0 Å². The molecule has 3 rings (SSSR count). The molecule has 0 bridgehead atoms. The summed E-state index contributed by atoms with van der Waals surface area (Å²) in [6.45, 7) is 7.05. The molecule has 0 aliphatic rings. The Morgan fingerprint density at radius 2 is 2.07 bits per heavy atom. The Morgan fingerprint density at radius 3 is 2.81 bits per heavy atom. The van der Waals surface area contributed by atoms with E-state index in [4.69, 9.17) is 0 Å². The lowest BCUT2D eigenvalue weighted by Gasteiger charge is -2.07. The quantitative estimate of drug-likeness (QED) is 0.412. The minimum absolute atomic E-state index is 0.0780. The molecule has 1 aromatic carbocycles. The zero-order valence-electron chi connectivity index (χ0n) is 15.5. The molecular formula is C19H21FN4OS2. The third kappa shape index (κ3) is 4.56. The highest BCUT2D eigenvalue weighted by Gasteiger charge is 2.17. The van der Waals surface area contributed by atoms with E-state index in [1.54, 1.807) is 18.2 Å². The van der Waals surface area contributed by atoms with Gasteiger partial charge >= 0.3 is 0 Å². The second kappa shape index (κ2) is 8.67. The predicted octanol–water partition coefficient (Wildman–Crippen LogP) is 5.22. The Bertz CT molecular complexity index is 951. The average molecular weight is 405 g/mol. The molecule has 0 saturated heterocycles. The van der Waals surface area contributed by atoms with E-state index in [1.165, 1.54) is 29.2 Å². The molecule has 0 spiro atoms. The maximum Gasteiger partial charge on any atom is 0.210 e. The van der Waals surface area contributed by atoms with Crippen molar-refractivity contribution in [3.8, 4) is 0 Å². The number of halogens is 1. The number of ketones is 1. The largest absolute Gasteiger partial charge is 0.348 e. The Kier molecular flexibility index (Phi) is 6.28. The smallest absolute Gasteiger partial charge is 0.210 e. The lowest BCUT2D eigenvalue weighted by atomic mass is 10.2. The van der Waals surface area contributed by atoms with Gasteiger partial charge in [0.15, 0.2) is 10.1 Å². The van der Waals surface area contributed by atoms with Crippen molar-refractivity contribution in [3.63, 3.8) is 0 Å². The van der Waals surface area contributed by atoms with Crippen LogP contribution in [0.4, 0.5) is 15.2 Å². The zero-order valence-corrected chi connectivity index (χ0v) is 17.1. The Labute approximate surface area is 166 Å². The van der Waals surface area contributed by atoms with Gasteiger partial charge in [0, 0.05) is 23.5 Å². The van der Waals surface area contributed by atoms with Crippen LogP contribution >= 0.6 is 23.1 Å². The van der Waals surface area contributed by atoms with Crippen LogP contribution in [0.25, 0.3) is 0 Å². The van der Waals surface area contributed by atoms with Crippen LogP contribution in [0.3, 0.4) is 0 Å². The van der Waals surface area contributed by atoms with Gasteiger partial charge in [-0.2, -0.15) is 0 Å². The molecule has 142 valence electrons. The number of carbonyl (C=O) groups is 1. The molecule has 0 fully saturated rings. The molecule has 0 amide bonds. The molecule has 0 radical (unpaired) electrons. The fourth-order valence-corrected chi connectivity index (χ4v) is 4.50. The molecule has 8 heteroatoms. The van der Waals surface area contributed by atoms with Crippen molar-refractivity contribution in [1.82, 2.24) is 14.8 Å². The summed E-state index contributed by atoms with van der Waals surface area (Å²) in [4.78, 5) is 12.6. The number of para-hydroxylation sites is 1. The number of thioether (sulfide) groups is 1. The van der Waals surface area contributed by atoms with E-state index >= 15 is 0 Å². The van der Waals surface area contributed by atoms with Crippen molar-refractivity contribution in [2.45, 2.75) is 38.1 Å². The van der Waals surface area contributed by atoms with E-state index in [1.807, 2.05) is 19.9 Å². The molecule has 27 heavy (non-hydrogen) atoms. The van der Waals surface area contributed by atoms with Gasteiger partial charge in [0.2, 0.25) is 5.13 Å². The van der Waals surface area contributed by atoms with Gasteiger partial charge < -0.3 is 9.88 Å². The van der Waals surface area contributed by atoms with Crippen molar-refractivity contribution >= 4 is 39.7 Å². The predicted molar refractivity (Wildman–Crippen MR) is 109 cm³/mol. The highest BCUT2D eigenvalue weighted by molar-refractivity contribution is 8.01. The summed E-state index contributed by atoms with van der Waals surface area (Å²) in [5.41, 5.74) is 3.24. The molecule has 0 aliphatic carbocycles. The number of rotatable bonds is 8. The first-order valence-corrected chi connectivity index (χ1v) is 10.5. The van der Waals surface area contributed by atoms with Crippen LogP contribution in [0.5, 0.6) is 0 Å². The lowest BCUT2D eigenvalue weighted by Crippen LogP contribution is -2.06. The molecule has 0 atom stereocenters. The third-order valence-corrected chi connectivity index (χ3v) is 6.14. The van der Waals surface area contributed by atoms with Gasteiger partial charge in [0.25, 0.3) is 0 Å². The fourth-order valence-electron chi connectivity index (χ4n) is 2.85. The molecule has 5 nitrogen and oxygen atoms in total. The number of aromatic nitrogens is 3. The van der Waals surface area contributed by atoms with E-state index in [0.29, 0.717) is 20.9 Å². The lowest BCUT2D eigenvalue weighted by molar-refractivity contribution is 0.102. The molecule has 2 aromatic heterocycles. The van der Waals surface area contributed by atoms with Gasteiger partial charge in [-0.15, -0.1) is 10.2 Å². The Balaban J connectivity index is 1.62. The number of benzene rings is 1. The van der Waals surface area contributed by atoms with E-state index in [9.17, 15) is 9.18 Å². The van der Waals surface area contributed by atoms with Crippen molar-refractivity contribution in [2.75, 3.05) is 11.1 Å².